The summed E-state index contributed by atoms with van der Waals surface area (Å²) in [5.41, 5.74) is 6.52. The highest BCUT2D eigenvalue weighted by atomic mass is 35.5. The Labute approximate surface area is 164 Å². The molecule has 1 atom stereocenters. The standard InChI is InChI=1S/C18H18ClN3O4S/c1-2-9-3-5-11-14(7-9)27-18(15(11)16(20)23)21-17(24)12-8-10(22(25)26)4-6-13(12)19/h4,6,8-9H,2-3,5,7H2,1H3,(H2,20,23)(H,21,24)/t9-/m0/s1. The molecule has 1 aromatic heterocycles. The van der Waals surface area contributed by atoms with E-state index in [1.165, 1.54) is 23.5 Å². The maximum absolute atomic E-state index is 12.7. The molecule has 3 N–H and O–H groups in total. The molecule has 7 nitrogen and oxygen atoms in total. The van der Waals surface area contributed by atoms with E-state index in [0.717, 1.165) is 42.2 Å². The predicted molar refractivity (Wildman–Crippen MR) is 105 cm³/mol. The zero-order valence-corrected chi connectivity index (χ0v) is 16.2. The highest BCUT2D eigenvalue weighted by molar-refractivity contribution is 7.17. The molecule has 2 aromatic rings. The van der Waals surface area contributed by atoms with E-state index < -0.39 is 16.7 Å². The topological polar surface area (TPSA) is 115 Å². The summed E-state index contributed by atoms with van der Waals surface area (Å²) in [6, 6.07) is 3.64. The SMILES string of the molecule is CC[C@H]1CCc2c(sc(NC(=O)c3cc([N+](=O)[O-])ccc3Cl)c2C(N)=O)C1. The maximum Gasteiger partial charge on any atom is 0.270 e. The number of carbonyl (C=O) groups excluding carboxylic acids is 2. The number of rotatable bonds is 5. The molecule has 1 aliphatic rings. The molecule has 0 radical (unpaired) electrons. The van der Waals surface area contributed by atoms with E-state index >= 15 is 0 Å². The van der Waals surface area contributed by atoms with Gasteiger partial charge in [-0.1, -0.05) is 24.9 Å². The summed E-state index contributed by atoms with van der Waals surface area (Å²) in [6.07, 6.45) is 3.62. The molecule has 0 spiro atoms. The number of hydrogen-bond donors (Lipinski definition) is 2. The monoisotopic (exact) mass is 407 g/mol. The lowest BCUT2D eigenvalue weighted by atomic mass is 9.85. The number of primary amides is 1. The fourth-order valence-electron chi connectivity index (χ4n) is 3.32. The summed E-state index contributed by atoms with van der Waals surface area (Å²) in [6.45, 7) is 2.13. The van der Waals surface area contributed by atoms with Gasteiger partial charge in [0.2, 0.25) is 0 Å². The summed E-state index contributed by atoms with van der Waals surface area (Å²) < 4.78 is 0. The van der Waals surface area contributed by atoms with Crippen molar-refractivity contribution in [1.29, 1.82) is 0 Å². The van der Waals surface area contributed by atoms with Crippen LogP contribution in [0.2, 0.25) is 5.02 Å². The Morgan fingerprint density at radius 2 is 2.19 bits per heavy atom. The van der Waals surface area contributed by atoms with Crippen molar-refractivity contribution in [2.24, 2.45) is 11.7 Å². The van der Waals surface area contributed by atoms with Gasteiger partial charge in [-0.05, 0) is 36.8 Å². The van der Waals surface area contributed by atoms with E-state index in [1.807, 2.05) is 0 Å². The number of nitro groups is 1. The smallest absolute Gasteiger partial charge is 0.270 e. The van der Waals surface area contributed by atoms with Gasteiger partial charge in [0.25, 0.3) is 17.5 Å². The Morgan fingerprint density at radius 3 is 2.81 bits per heavy atom. The third kappa shape index (κ3) is 3.81. The second-order valence-electron chi connectivity index (χ2n) is 6.46. The quantitative estimate of drug-likeness (QED) is 0.571. The van der Waals surface area contributed by atoms with Crippen molar-refractivity contribution in [3.05, 3.63) is 54.9 Å². The second-order valence-corrected chi connectivity index (χ2v) is 7.98. The number of nitro benzene ring substituents is 1. The van der Waals surface area contributed by atoms with Crippen molar-refractivity contribution >= 4 is 45.4 Å². The van der Waals surface area contributed by atoms with Crippen LogP contribution >= 0.6 is 22.9 Å². The van der Waals surface area contributed by atoms with Crippen molar-refractivity contribution in [3.8, 4) is 0 Å². The average molecular weight is 408 g/mol. The van der Waals surface area contributed by atoms with Crippen LogP contribution in [0.4, 0.5) is 10.7 Å². The lowest BCUT2D eigenvalue weighted by Crippen LogP contribution is -2.20. The molecular weight excluding hydrogens is 390 g/mol. The molecule has 0 unspecified atom stereocenters. The van der Waals surface area contributed by atoms with Gasteiger partial charge < -0.3 is 11.1 Å². The molecular formula is C18H18ClN3O4S. The summed E-state index contributed by atoms with van der Waals surface area (Å²) in [5, 5.41) is 14.1. The lowest BCUT2D eigenvalue weighted by molar-refractivity contribution is -0.384. The van der Waals surface area contributed by atoms with Gasteiger partial charge in [-0.3, -0.25) is 19.7 Å². The van der Waals surface area contributed by atoms with Crippen LogP contribution in [0.3, 0.4) is 0 Å². The number of carbonyl (C=O) groups is 2. The molecule has 0 saturated heterocycles. The summed E-state index contributed by atoms with van der Waals surface area (Å²) in [5.74, 6) is -0.661. The lowest BCUT2D eigenvalue weighted by Gasteiger charge is -2.20. The van der Waals surface area contributed by atoms with Crippen LogP contribution in [-0.4, -0.2) is 16.7 Å². The number of non-ortho nitro benzene ring substituents is 1. The number of nitrogens with one attached hydrogen (secondary N) is 1. The Morgan fingerprint density at radius 1 is 1.44 bits per heavy atom. The molecule has 9 heteroatoms. The minimum absolute atomic E-state index is 0.0286. The number of hydrogen-bond acceptors (Lipinski definition) is 5. The first-order valence-electron chi connectivity index (χ1n) is 8.51. The minimum Gasteiger partial charge on any atom is -0.365 e. The maximum atomic E-state index is 12.7. The largest absolute Gasteiger partial charge is 0.365 e. The molecule has 0 aliphatic heterocycles. The van der Waals surface area contributed by atoms with E-state index in [1.54, 1.807) is 0 Å². The summed E-state index contributed by atoms with van der Waals surface area (Å²) in [7, 11) is 0. The first-order chi connectivity index (χ1) is 12.8. The molecule has 0 bridgehead atoms. The van der Waals surface area contributed by atoms with Gasteiger partial charge in [0.15, 0.2) is 0 Å². The Kier molecular flexibility index (Phi) is 5.48. The number of nitrogens with two attached hydrogens (primary N) is 1. The van der Waals surface area contributed by atoms with E-state index in [2.05, 4.69) is 12.2 Å². The first-order valence-corrected chi connectivity index (χ1v) is 9.70. The van der Waals surface area contributed by atoms with Crippen molar-refractivity contribution in [2.45, 2.75) is 32.6 Å². The molecule has 0 fully saturated rings. The van der Waals surface area contributed by atoms with E-state index in [-0.39, 0.29) is 16.3 Å². The zero-order valence-electron chi connectivity index (χ0n) is 14.6. The van der Waals surface area contributed by atoms with Crippen molar-refractivity contribution in [3.63, 3.8) is 0 Å². The summed E-state index contributed by atoms with van der Waals surface area (Å²) >= 11 is 7.37. The van der Waals surface area contributed by atoms with Gasteiger partial charge in [-0.25, -0.2) is 0 Å². The van der Waals surface area contributed by atoms with Crippen LogP contribution in [0.25, 0.3) is 0 Å². The van der Waals surface area contributed by atoms with E-state index in [9.17, 15) is 19.7 Å². The van der Waals surface area contributed by atoms with Gasteiger partial charge in [-0.2, -0.15) is 0 Å². The number of nitrogens with zero attached hydrogens (tertiary/aromatic N) is 1. The average Bonchev–Trinajstić information content (AvgIpc) is 2.98. The van der Waals surface area contributed by atoms with Gasteiger partial charge >= 0.3 is 0 Å². The third-order valence-electron chi connectivity index (χ3n) is 4.82. The number of amides is 2. The molecule has 3 rings (SSSR count). The number of thiophene rings is 1. The van der Waals surface area contributed by atoms with Gasteiger partial charge in [0.1, 0.15) is 5.00 Å². The Hall–Kier alpha value is -2.45. The van der Waals surface area contributed by atoms with Gasteiger partial charge in [0.05, 0.1) is 21.1 Å². The van der Waals surface area contributed by atoms with Crippen LogP contribution in [0.1, 0.15) is 50.9 Å². The highest BCUT2D eigenvalue weighted by Crippen LogP contribution is 2.40. The van der Waals surface area contributed by atoms with Crippen LogP contribution in [0, 0.1) is 16.0 Å². The zero-order chi connectivity index (χ0) is 19.7. The van der Waals surface area contributed by atoms with Crippen LogP contribution < -0.4 is 11.1 Å². The molecule has 1 aliphatic carbocycles. The molecule has 1 aromatic carbocycles. The molecule has 27 heavy (non-hydrogen) atoms. The predicted octanol–water partition coefficient (Wildman–Crippen LogP) is 4.18. The molecule has 142 valence electrons. The Balaban J connectivity index is 1.95. The van der Waals surface area contributed by atoms with Gasteiger partial charge in [0, 0.05) is 17.0 Å². The Bertz CT molecular complexity index is 941. The van der Waals surface area contributed by atoms with E-state index in [4.69, 9.17) is 17.3 Å². The van der Waals surface area contributed by atoms with Crippen molar-refractivity contribution in [1.82, 2.24) is 0 Å². The second kappa shape index (κ2) is 7.66. The number of fused-ring (bicyclic) bond motifs is 1. The highest BCUT2D eigenvalue weighted by Gasteiger charge is 2.28. The first kappa shape index (κ1) is 19.3. The fourth-order valence-corrected chi connectivity index (χ4v) is 4.89. The molecule has 2 amide bonds. The number of halogens is 1. The van der Waals surface area contributed by atoms with Crippen LogP contribution in [0.15, 0.2) is 18.2 Å². The minimum atomic E-state index is -0.614. The van der Waals surface area contributed by atoms with Gasteiger partial charge in [-0.15, -0.1) is 11.3 Å². The van der Waals surface area contributed by atoms with Crippen molar-refractivity contribution < 1.29 is 14.5 Å². The van der Waals surface area contributed by atoms with E-state index in [0.29, 0.717) is 16.5 Å². The third-order valence-corrected chi connectivity index (χ3v) is 6.32. The number of anilines is 1. The molecule has 1 heterocycles. The van der Waals surface area contributed by atoms with Crippen molar-refractivity contribution in [2.75, 3.05) is 5.32 Å². The van der Waals surface area contributed by atoms with Crippen LogP contribution in [0.5, 0.6) is 0 Å². The molecule has 0 saturated carbocycles. The number of benzene rings is 1. The summed E-state index contributed by atoms with van der Waals surface area (Å²) in [4.78, 5) is 36.1. The fraction of sp³-hybridized carbons (Fsp3) is 0.333. The van der Waals surface area contributed by atoms with Crippen LogP contribution in [-0.2, 0) is 12.8 Å². The normalized spacial score (nSPS) is 15.9.